The summed E-state index contributed by atoms with van der Waals surface area (Å²) in [6.07, 6.45) is 7.52. The molecule has 0 amide bonds. The molecule has 3 rings (SSSR count). The highest BCUT2D eigenvalue weighted by Gasteiger charge is 2.14. The SMILES string of the molecule is Cc1ccc2[nH]c(C)c(CCNC(=S)NC3CCCCC3)c2c1. The van der Waals surface area contributed by atoms with Crippen LogP contribution in [-0.4, -0.2) is 22.7 Å². The minimum atomic E-state index is 0.571. The number of aryl methyl sites for hydroxylation is 2. The molecule has 2 aromatic rings. The van der Waals surface area contributed by atoms with Crippen molar-refractivity contribution in [3.8, 4) is 0 Å². The van der Waals surface area contributed by atoms with Crippen molar-refractivity contribution in [2.75, 3.05) is 6.54 Å². The van der Waals surface area contributed by atoms with Gasteiger partial charge in [0.05, 0.1) is 0 Å². The van der Waals surface area contributed by atoms with Crippen molar-refractivity contribution in [1.82, 2.24) is 15.6 Å². The van der Waals surface area contributed by atoms with Crippen LogP contribution in [0.15, 0.2) is 18.2 Å². The number of hydrogen-bond donors (Lipinski definition) is 3. The van der Waals surface area contributed by atoms with E-state index in [1.807, 2.05) is 0 Å². The van der Waals surface area contributed by atoms with Gasteiger partial charge in [0.25, 0.3) is 0 Å². The van der Waals surface area contributed by atoms with E-state index in [0.29, 0.717) is 6.04 Å². The molecule has 4 heteroatoms. The first kappa shape index (κ1) is 16.3. The average Bonchev–Trinajstić information content (AvgIpc) is 2.84. The number of fused-ring (bicyclic) bond motifs is 1. The van der Waals surface area contributed by atoms with E-state index in [1.165, 1.54) is 59.8 Å². The Bertz CT molecular complexity index is 683. The Morgan fingerprint density at radius 2 is 2.00 bits per heavy atom. The number of aromatic nitrogens is 1. The van der Waals surface area contributed by atoms with E-state index < -0.39 is 0 Å². The highest BCUT2D eigenvalue weighted by atomic mass is 32.1. The summed E-state index contributed by atoms with van der Waals surface area (Å²) in [6, 6.07) is 7.17. The van der Waals surface area contributed by atoms with Crippen molar-refractivity contribution in [3.63, 3.8) is 0 Å². The van der Waals surface area contributed by atoms with Crippen LogP contribution in [0.3, 0.4) is 0 Å². The average molecular weight is 330 g/mol. The third kappa shape index (κ3) is 4.05. The summed E-state index contributed by atoms with van der Waals surface area (Å²) >= 11 is 5.45. The van der Waals surface area contributed by atoms with Gasteiger partial charge in [0.1, 0.15) is 0 Å². The van der Waals surface area contributed by atoms with E-state index >= 15 is 0 Å². The molecule has 0 saturated heterocycles. The molecule has 1 aromatic heterocycles. The maximum atomic E-state index is 5.45. The minimum Gasteiger partial charge on any atom is -0.362 e. The molecule has 3 nitrogen and oxygen atoms in total. The molecule has 0 bridgehead atoms. The van der Waals surface area contributed by atoms with Crippen LogP contribution in [-0.2, 0) is 6.42 Å². The molecule has 1 fully saturated rings. The third-order valence-corrected chi connectivity index (χ3v) is 5.14. The van der Waals surface area contributed by atoms with Gasteiger partial charge >= 0.3 is 0 Å². The van der Waals surface area contributed by atoms with Crippen LogP contribution in [0, 0.1) is 13.8 Å². The van der Waals surface area contributed by atoms with Crippen molar-refractivity contribution < 1.29 is 0 Å². The monoisotopic (exact) mass is 329 g/mol. The number of nitrogens with one attached hydrogen (secondary N) is 3. The van der Waals surface area contributed by atoms with Crippen LogP contribution in [0.4, 0.5) is 0 Å². The fourth-order valence-corrected chi connectivity index (χ4v) is 3.87. The second kappa shape index (κ2) is 7.35. The lowest BCUT2D eigenvalue weighted by Gasteiger charge is -2.24. The Morgan fingerprint density at radius 3 is 2.78 bits per heavy atom. The number of rotatable bonds is 4. The summed E-state index contributed by atoms with van der Waals surface area (Å²) in [6.45, 7) is 5.18. The van der Waals surface area contributed by atoms with Gasteiger partial charge in [-0.15, -0.1) is 0 Å². The van der Waals surface area contributed by atoms with Crippen molar-refractivity contribution in [1.29, 1.82) is 0 Å². The zero-order valence-corrected chi connectivity index (χ0v) is 15.0. The van der Waals surface area contributed by atoms with Gasteiger partial charge in [-0.25, -0.2) is 0 Å². The maximum absolute atomic E-state index is 5.45. The van der Waals surface area contributed by atoms with Gasteiger partial charge in [-0.1, -0.05) is 30.9 Å². The summed E-state index contributed by atoms with van der Waals surface area (Å²) in [5.74, 6) is 0. The Morgan fingerprint density at radius 1 is 1.22 bits per heavy atom. The molecule has 0 aliphatic heterocycles. The number of benzene rings is 1. The molecule has 1 aromatic carbocycles. The molecule has 0 spiro atoms. The molecule has 23 heavy (non-hydrogen) atoms. The quantitative estimate of drug-likeness (QED) is 0.739. The molecular weight excluding hydrogens is 302 g/mol. The molecule has 1 aliphatic rings. The van der Waals surface area contributed by atoms with E-state index in [2.05, 4.69) is 47.7 Å². The van der Waals surface area contributed by atoms with E-state index in [0.717, 1.165) is 18.1 Å². The number of aromatic amines is 1. The fourth-order valence-electron chi connectivity index (χ4n) is 3.60. The molecule has 1 aliphatic carbocycles. The smallest absolute Gasteiger partial charge is 0.166 e. The Hall–Kier alpha value is -1.55. The van der Waals surface area contributed by atoms with Crippen molar-refractivity contribution in [2.45, 2.75) is 58.4 Å². The zero-order chi connectivity index (χ0) is 16.2. The van der Waals surface area contributed by atoms with Gasteiger partial charge in [-0.2, -0.15) is 0 Å². The summed E-state index contributed by atoms with van der Waals surface area (Å²) in [5.41, 5.74) is 5.20. The second-order valence-corrected chi connectivity index (χ2v) is 7.17. The van der Waals surface area contributed by atoms with Gasteiger partial charge in [0.15, 0.2) is 5.11 Å². The Balaban J connectivity index is 1.55. The first-order valence-corrected chi connectivity index (χ1v) is 9.16. The molecule has 1 saturated carbocycles. The van der Waals surface area contributed by atoms with Crippen LogP contribution >= 0.6 is 12.2 Å². The molecule has 1 heterocycles. The lowest BCUT2D eigenvalue weighted by atomic mass is 9.96. The topological polar surface area (TPSA) is 39.9 Å². The van der Waals surface area contributed by atoms with Gasteiger partial charge < -0.3 is 15.6 Å². The molecule has 0 radical (unpaired) electrons. The normalized spacial score (nSPS) is 15.7. The third-order valence-electron chi connectivity index (χ3n) is 4.88. The summed E-state index contributed by atoms with van der Waals surface area (Å²) < 4.78 is 0. The molecule has 124 valence electrons. The first-order valence-electron chi connectivity index (χ1n) is 8.75. The molecular formula is C19H27N3S. The van der Waals surface area contributed by atoms with Gasteiger partial charge in [0.2, 0.25) is 0 Å². The van der Waals surface area contributed by atoms with E-state index in [4.69, 9.17) is 12.2 Å². The number of H-pyrrole nitrogens is 1. The minimum absolute atomic E-state index is 0.571. The summed E-state index contributed by atoms with van der Waals surface area (Å²) in [7, 11) is 0. The van der Waals surface area contributed by atoms with E-state index in [1.54, 1.807) is 0 Å². The van der Waals surface area contributed by atoms with E-state index in [9.17, 15) is 0 Å². The van der Waals surface area contributed by atoms with Crippen LogP contribution < -0.4 is 10.6 Å². The standard InChI is InChI=1S/C19H27N3S/c1-13-8-9-18-17(12-13)16(14(2)21-18)10-11-20-19(23)22-15-6-4-3-5-7-15/h8-9,12,15,21H,3-7,10-11H2,1-2H3,(H2,20,22,23). The van der Waals surface area contributed by atoms with Crippen LogP contribution in [0.1, 0.15) is 48.9 Å². The maximum Gasteiger partial charge on any atom is 0.166 e. The number of hydrogen-bond acceptors (Lipinski definition) is 1. The van der Waals surface area contributed by atoms with Crippen LogP contribution in [0.5, 0.6) is 0 Å². The van der Waals surface area contributed by atoms with Gasteiger partial charge in [-0.3, -0.25) is 0 Å². The predicted octanol–water partition coefficient (Wildman–Crippen LogP) is 4.12. The van der Waals surface area contributed by atoms with Gasteiger partial charge in [-0.05, 0) is 63.0 Å². The predicted molar refractivity (Wildman–Crippen MR) is 102 cm³/mol. The lowest BCUT2D eigenvalue weighted by Crippen LogP contribution is -2.43. The summed E-state index contributed by atoms with van der Waals surface area (Å²) in [4.78, 5) is 3.48. The Kier molecular flexibility index (Phi) is 5.21. The first-order chi connectivity index (χ1) is 11.1. The molecule has 3 N–H and O–H groups in total. The van der Waals surface area contributed by atoms with Crippen molar-refractivity contribution >= 4 is 28.2 Å². The van der Waals surface area contributed by atoms with Crippen LogP contribution in [0.2, 0.25) is 0 Å². The van der Waals surface area contributed by atoms with Crippen molar-refractivity contribution in [2.24, 2.45) is 0 Å². The molecule has 0 atom stereocenters. The largest absolute Gasteiger partial charge is 0.362 e. The number of thiocarbonyl (C=S) groups is 1. The van der Waals surface area contributed by atoms with E-state index in [-0.39, 0.29) is 0 Å². The fraction of sp³-hybridized carbons (Fsp3) is 0.526. The van der Waals surface area contributed by atoms with Gasteiger partial charge in [0, 0.05) is 29.2 Å². The Labute approximate surface area is 144 Å². The highest BCUT2D eigenvalue weighted by molar-refractivity contribution is 7.80. The highest BCUT2D eigenvalue weighted by Crippen LogP contribution is 2.23. The summed E-state index contributed by atoms with van der Waals surface area (Å²) in [5, 5.41) is 9.01. The van der Waals surface area contributed by atoms with Crippen LogP contribution in [0.25, 0.3) is 10.9 Å². The second-order valence-electron chi connectivity index (χ2n) is 6.76. The van der Waals surface area contributed by atoms with Crippen molar-refractivity contribution in [3.05, 3.63) is 35.0 Å². The lowest BCUT2D eigenvalue weighted by molar-refractivity contribution is 0.412. The zero-order valence-electron chi connectivity index (χ0n) is 14.2. The molecule has 0 unspecified atom stereocenters.